The molecule has 162 valence electrons. The lowest BCUT2D eigenvalue weighted by molar-refractivity contribution is -0.144. The number of amides is 2. The summed E-state index contributed by atoms with van der Waals surface area (Å²) >= 11 is 0. The first-order valence-electron chi connectivity index (χ1n) is 9.89. The van der Waals surface area contributed by atoms with Gasteiger partial charge in [0.25, 0.3) is 5.91 Å². The average molecular weight is 408 g/mol. The molecule has 2 unspecified atom stereocenters. The summed E-state index contributed by atoms with van der Waals surface area (Å²) in [6.45, 7) is 7.01. The summed E-state index contributed by atoms with van der Waals surface area (Å²) in [7, 11) is 0. The highest BCUT2D eigenvalue weighted by molar-refractivity contribution is 5.91. The zero-order chi connectivity index (χ0) is 22.1. The Morgan fingerprint density at radius 2 is 1.55 bits per heavy atom. The van der Waals surface area contributed by atoms with E-state index in [1.54, 1.807) is 20.8 Å². The van der Waals surface area contributed by atoms with Crippen LogP contribution >= 0.6 is 0 Å². The maximum Gasteiger partial charge on any atom is 0.326 e. The minimum absolute atomic E-state index is 0.273. The number of hydrogen-bond acceptors (Lipinski definition) is 5. The maximum atomic E-state index is 12.6. The lowest BCUT2D eigenvalue weighted by Gasteiger charge is -2.27. The average Bonchev–Trinajstić information content (AvgIpc) is 2.68. The van der Waals surface area contributed by atoms with E-state index in [2.05, 4.69) is 10.6 Å². The zero-order valence-electron chi connectivity index (χ0n) is 17.5. The van der Waals surface area contributed by atoms with Crippen LogP contribution < -0.4 is 16.4 Å². The van der Waals surface area contributed by atoms with Crippen LogP contribution in [0, 0.1) is 11.8 Å². The van der Waals surface area contributed by atoms with Crippen LogP contribution in [0.4, 0.5) is 0 Å². The number of carbonyl (C=O) groups excluding carboxylic acids is 2. The first kappa shape index (κ1) is 24.6. The number of hydrogen-bond donors (Lipinski definition) is 5. The summed E-state index contributed by atoms with van der Waals surface area (Å²) in [5, 5.41) is 24.7. The van der Waals surface area contributed by atoms with Crippen molar-refractivity contribution in [2.45, 2.75) is 64.8 Å². The van der Waals surface area contributed by atoms with Crippen LogP contribution in [0.5, 0.6) is 0 Å². The van der Waals surface area contributed by atoms with Crippen molar-refractivity contribution in [3.05, 3.63) is 35.9 Å². The molecule has 1 aromatic rings. The number of aliphatic hydroxyl groups excluding tert-OH is 1. The largest absolute Gasteiger partial charge is 0.480 e. The molecule has 29 heavy (non-hydrogen) atoms. The van der Waals surface area contributed by atoms with E-state index < -0.39 is 42.0 Å². The van der Waals surface area contributed by atoms with Gasteiger partial charge in [-0.05, 0) is 23.8 Å². The fourth-order valence-electron chi connectivity index (χ4n) is 2.89. The van der Waals surface area contributed by atoms with Crippen molar-refractivity contribution in [2.75, 3.05) is 0 Å². The van der Waals surface area contributed by atoms with Gasteiger partial charge >= 0.3 is 5.97 Å². The Morgan fingerprint density at radius 3 is 2.03 bits per heavy atom. The minimum atomic E-state index is -1.51. The molecule has 8 heteroatoms. The molecule has 0 heterocycles. The third-order valence-corrected chi connectivity index (χ3v) is 5.01. The van der Waals surface area contributed by atoms with E-state index in [0.29, 0.717) is 12.8 Å². The van der Waals surface area contributed by atoms with Gasteiger partial charge in [0.15, 0.2) is 0 Å². The van der Waals surface area contributed by atoms with Crippen LogP contribution in [-0.2, 0) is 20.8 Å². The second kappa shape index (κ2) is 11.5. The highest BCUT2D eigenvalue weighted by Gasteiger charge is 2.33. The highest BCUT2D eigenvalue weighted by atomic mass is 16.4. The van der Waals surface area contributed by atoms with Crippen molar-refractivity contribution in [3.63, 3.8) is 0 Å². The fourth-order valence-corrected chi connectivity index (χ4v) is 2.89. The van der Waals surface area contributed by atoms with E-state index >= 15 is 0 Å². The van der Waals surface area contributed by atoms with Gasteiger partial charge in [-0.1, -0.05) is 64.4 Å². The monoisotopic (exact) mass is 407 g/mol. The van der Waals surface area contributed by atoms with Crippen molar-refractivity contribution >= 4 is 17.8 Å². The third kappa shape index (κ3) is 7.47. The van der Waals surface area contributed by atoms with Crippen LogP contribution in [0.1, 0.15) is 39.7 Å². The Morgan fingerprint density at radius 1 is 1.00 bits per heavy atom. The maximum absolute atomic E-state index is 12.6. The smallest absolute Gasteiger partial charge is 0.326 e. The van der Waals surface area contributed by atoms with Gasteiger partial charge in [-0.3, -0.25) is 9.59 Å². The highest BCUT2D eigenvalue weighted by Crippen LogP contribution is 2.11. The van der Waals surface area contributed by atoms with Crippen LogP contribution in [0.3, 0.4) is 0 Å². The number of aliphatic carboxylic acids is 1. The number of nitrogens with one attached hydrogen (secondary N) is 2. The minimum Gasteiger partial charge on any atom is -0.480 e. The fraction of sp³-hybridized carbons (Fsp3) is 0.571. The Hall–Kier alpha value is -2.45. The molecule has 1 rings (SSSR count). The molecule has 2 amide bonds. The van der Waals surface area contributed by atoms with Crippen LogP contribution in [0.25, 0.3) is 0 Å². The van der Waals surface area contributed by atoms with Crippen LogP contribution in [0.15, 0.2) is 30.3 Å². The normalized spacial score (nSPS) is 16.4. The topological polar surface area (TPSA) is 142 Å². The van der Waals surface area contributed by atoms with Gasteiger partial charge in [-0.2, -0.15) is 0 Å². The standard InChI is InChI=1S/C21H33N3O5/c1-5-13(4)17(21(28)29)24-19(26)16(12(2)3)23-20(27)18(25)15(22)11-14-9-7-6-8-10-14/h6-10,12-13,15-18,25H,5,11,22H2,1-4H3,(H,23,27)(H,24,26)(H,28,29)/t13-,15?,16-,17-,18?/m0/s1. The Labute approximate surface area is 171 Å². The van der Waals surface area contributed by atoms with Crippen molar-refractivity contribution < 1.29 is 24.6 Å². The number of nitrogens with two attached hydrogens (primary N) is 1. The molecular formula is C21H33N3O5. The Kier molecular flexibility index (Phi) is 9.77. The number of carboxylic acids is 1. The van der Waals surface area contributed by atoms with E-state index in [-0.39, 0.29) is 11.8 Å². The van der Waals surface area contributed by atoms with Crippen molar-refractivity contribution in [1.82, 2.24) is 10.6 Å². The number of carboxylic acid groups (broad SMARTS) is 1. The molecule has 5 atom stereocenters. The van der Waals surface area contributed by atoms with Crippen LogP contribution in [0.2, 0.25) is 0 Å². The number of aliphatic hydroxyl groups is 1. The van der Waals surface area contributed by atoms with Crippen molar-refractivity contribution in [2.24, 2.45) is 17.6 Å². The van der Waals surface area contributed by atoms with E-state index in [4.69, 9.17) is 5.73 Å². The molecule has 0 saturated carbocycles. The van der Waals surface area contributed by atoms with Gasteiger partial charge < -0.3 is 26.6 Å². The van der Waals surface area contributed by atoms with Gasteiger partial charge in [0.1, 0.15) is 18.2 Å². The summed E-state index contributed by atoms with van der Waals surface area (Å²) in [5.74, 6) is -3.10. The molecule has 0 aliphatic heterocycles. The number of rotatable bonds is 11. The van der Waals surface area contributed by atoms with E-state index in [1.165, 1.54) is 0 Å². The molecule has 0 aromatic heterocycles. The molecule has 0 fully saturated rings. The SMILES string of the molecule is CC[C@H](C)[C@H](NC(=O)[C@@H](NC(=O)C(O)C(N)Cc1ccccc1)C(C)C)C(=O)O. The van der Waals surface area contributed by atoms with Gasteiger partial charge in [0, 0.05) is 6.04 Å². The van der Waals surface area contributed by atoms with Gasteiger partial charge in [-0.25, -0.2) is 4.79 Å². The number of benzene rings is 1. The van der Waals surface area contributed by atoms with Gasteiger partial charge in [-0.15, -0.1) is 0 Å². The van der Waals surface area contributed by atoms with E-state index in [1.807, 2.05) is 37.3 Å². The summed E-state index contributed by atoms with van der Waals surface area (Å²) in [5.41, 5.74) is 6.84. The van der Waals surface area contributed by atoms with Crippen molar-refractivity contribution in [3.8, 4) is 0 Å². The van der Waals surface area contributed by atoms with E-state index in [9.17, 15) is 24.6 Å². The summed E-state index contributed by atoms with van der Waals surface area (Å²) in [4.78, 5) is 36.6. The zero-order valence-corrected chi connectivity index (χ0v) is 17.5. The third-order valence-electron chi connectivity index (χ3n) is 5.01. The Bertz CT molecular complexity index is 680. The molecule has 8 nitrogen and oxygen atoms in total. The molecule has 0 saturated heterocycles. The summed E-state index contributed by atoms with van der Waals surface area (Å²) in [6.07, 6.45) is -0.638. The lowest BCUT2D eigenvalue weighted by atomic mass is 9.96. The summed E-state index contributed by atoms with van der Waals surface area (Å²) < 4.78 is 0. The van der Waals surface area contributed by atoms with Crippen LogP contribution in [-0.4, -0.2) is 52.2 Å². The molecule has 6 N–H and O–H groups in total. The molecule has 0 spiro atoms. The molecule has 0 bridgehead atoms. The second-order valence-electron chi connectivity index (χ2n) is 7.74. The second-order valence-corrected chi connectivity index (χ2v) is 7.74. The first-order valence-corrected chi connectivity index (χ1v) is 9.89. The molecular weight excluding hydrogens is 374 g/mol. The quantitative estimate of drug-likeness (QED) is 0.365. The molecule has 1 aromatic carbocycles. The molecule has 0 aliphatic carbocycles. The number of carbonyl (C=O) groups is 3. The van der Waals surface area contributed by atoms with Gasteiger partial charge in [0.2, 0.25) is 5.91 Å². The predicted molar refractivity (Wildman–Crippen MR) is 110 cm³/mol. The Balaban J connectivity index is 2.79. The van der Waals surface area contributed by atoms with Crippen molar-refractivity contribution in [1.29, 1.82) is 0 Å². The first-order chi connectivity index (χ1) is 13.6. The van der Waals surface area contributed by atoms with Gasteiger partial charge in [0.05, 0.1) is 0 Å². The predicted octanol–water partition coefficient (Wildman–Crippen LogP) is 0.674. The molecule has 0 aliphatic rings. The summed E-state index contributed by atoms with van der Waals surface area (Å²) in [6, 6.07) is 6.32. The van der Waals surface area contributed by atoms with E-state index in [0.717, 1.165) is 5.56 Å². The lowest BCUT2D eigenvalue weighted by Crippen LogP contribution is -2.58. The molecule has 0 radical (unpaired) electrons.